The number of imide groups is 1. The van der Waals surface area contributed by atoms with Crippen LogP contribution in [0.1, 0.15) is 38.3 Å². The van der Waals surface area contributed by atoms with E-state index in [9.17, 15) is 24.5 Å². The first kappa shape index (κ1) is 18.2. The fourth-order valence-corrected chi connectivity index (χ4v) is 3.05. The highest BCUT2D eigenvalue weighted by molar-refractivity contribution is 6.23. The second-order valence-corrected chi connectivity index (χ2v) is 6.34. The van der Waals surface area contributed by atoms with Crippen LogP contribution in [-0.4, -0.2) is 34.1 Å². The van der Waals surface area contributed by atoms with Crippen molar-refractivity contribution >= 4 is 29.1 Å². The monoisotopic (exact) mass is 367 g/mol. The minimum absolute atomic E-state index is 0.0102. The van der Waals surface area contributed by atoms with Crippen molar-refractivity contribution < 1.29 is 19.3 Å². The molecule has 1 heterocycles. The van der Waals surface area contributed by atoms with Crippen LogP contribution in [0.3, 0.4) is 0 Å². The minimum atomic E-state index is -0.749. The first-order valence-corrected chi connectivity index (χ1v) is 8.30. The number of amides is 3. The Hall–Kier alpha value is -3.55. The summed E-state index contributed by atoms with van der Waals surface area (Å²) in [6.07, 6.45) is -0.105. The number of carbonyl (C=O) groups is 3. The second kappa shape index (κ2) is 6.99. The highest BCUT2D eigenvalue weighted by atomic mass is 16.6. The van der Waals surface area contributed by atoms with E-state index in [4.69, 9.17) is 0 Å². The van der Waals surface area contributed by atoms with E-state index in [1.165, 1.54) is 18.2 Å². The van der Waals surface area contributed by atoms with Gasteiger partial charge in [-0.15, -0.1) is 0 Å². The molecule has 0 saturated heterocycles. The molecule has 3 rings (SSSR count). The minimum Gasteiger partial charge on any atom is -0.326 e. The number of anilines is 1. The number of benzene rings is 2. The van der Waals surface area contributed by atoms with Crippen molar-refractivity contribution in [1.29, 1.82) is 0 Å². The lowest BCUT2D eigenvalue weighted by molar-refractivity contribution is -0.385. The molecule has 2 aromatic carbocycles. The van der Waals surface area contributed by atoms with Crippen molar-refractivity contribution in [3.05, 3.63) is 68.8 Å². The fraction of sp³-hybridized carbons (Fsp3) is 0.211. The first-order valence-electron chi connectivity index (χ1n) is 8.30. The van der Waals surface area contributed by atoms with Gasteiger partial charge in [-0.1, -0.05) is 23.8 Å². The summed E-state index contributed by atoms with van der Waals surface area (Å²) in [7, 11) is 0. The third kappa shape index (κ3) is 3.41. The molecule has 0 atom stereocenters. The van der Waals surface area contributed by atoms with Crippen molar-refractivity contribution in [1.82, 2.24) is 4.90 Å². The molecule has 0 aliphatic carbocycles. The summed E-state index contributed by atoms with van der Waals surface area (Å²) in [5.74, 6) is -1.73. The van der Waals surface area contributed by atoms with E-state index in [0.717, 1.165) is 16.0 Å². The number of nitrogens with zero attached hydrogens (tertiary/aromatic N) is 2. The zero-order valence-corrected chi connectivity index (χ0v) is 14.8. The predicted octanol–water partition coefficient (Wildman–Crippen LogP) is 2.84. The molecular weight excluding hydrogens is 350 g/mol. The lowest BCUT2D eigenvalue weighted by atomic mass is 10.1. The summed E-state index contributed by atoms with van der Waals surface area (Å²) in [6.45, 7) is 3.66. The van der Waals surface area contributed by atoms with E-state index in [-0.39, 0.29) is 30.0 Å². The van der Waals surface area contributed by atoms with Gasteiger partial charge < -0.3 is 5.32 Å². The topological polar surface area (TPSA) is 110 Å². The van der Waals surface area contributed by atoms with Gasteiger partial charge in [-0.05, 0) is 31.5 Å². The van der Waals surface area contributed by atoms with Crippen LogP contribution in [0.15, 0.2) is 36.4 Å². The van der Waals surface area contributed by atoms with Crippen LogP contribution in [0, 0.1) is 24.0 Å². The Kier molecular flexibility index (Phi) is 4.72. The summed E-state index contributed by atoms with van der Waals surface area (Å²) < 4.78 is 0. The molecule has 1 N–H and O–H groups in total. The van der Waals surface area contributed by atoms with Crippen molar-refractivity contribution in [2.45, 2.75) is 20.3 Å². The fourth-order valence-electron chi connectivity index (χ4n) is 3.05. The standard InChI is InChI=1S/C19H17N3O5/c1-11-6-7-14(12(2)10-11)20-16(23)8-9-21-18(24)13-4-3-5-15(22(26)27)17(13)19(21)25/h3-7,10H,8-9H2,1-2H3,(H,20,23). The maximum atomic E-state index is 12.5. The van der Waals surface area contributed by atoms with E-state index in [1.54, 1.807) is 6.07 Å². The van der Waals surface area contributed by atoms with Crippen molar-refractivity contribution in [2.75, 3.05) is 11.9 Å². The molecule has 8 nitrogen and oxygen atoms in total. The Morgan fingerprint density at radius 3 is 2.56 bits per heavy atom. The number of fused-ring (bicyclic) bond motifs is 1. The van der Waals surface area contributed by atoms with Crippen LogP contribution in [0.5, 0.6) is 0 Å². The number of rotatable bonds is 5. The number of nitro groups is 1. The quantitative estimate of drug-likeness (QED) is 0.496. The molecule has 1 aliphatic rings. The smallest absolute Gasteiger partial charge is 0.282 e. The Labute approximate surface area is 154 Å². The third-order valence-corrected chi connectivity index (χ3v) is 4.39. The average Bonchev–Trinajstić information content (AvgIpc) is 2.86. The molecule has 0 spiro atoms. The zero-order valence-electron chi connectivity index (χ0n) is 14.8. The molecule has 0 bridgehead atoms. The number of hydrogen-bond acceptors (Lipinski definition) is 5. The highest BCUT2D eigenvalue weighted by Crippen LogP contribution is 2.30. The molecule has 27 heavy (non-hydrogen) atoms. The first-order chi connectivity index (χ1) is 12.8. The van der Waals surface area contributed by atoms with Gasteiger partial charge >= 0.3 is 0 Å². The van der Waals surface area contributed by atoms with Gasteiger partial charge in [0.05, 0.1) is 10.5 Å². The normalized spacial score (nSPS) is 12.9. The number of nitro benzene ring substituents is 1. The van der Waals surface area contributed by atoms with Crippen LogP contribution in [0.4, 0.5) is 11.4 Å². The third-order valence-electron chi connectivity index (χ3n) is 4.39. The van der Waals surface area contributed by atoms with Crippen molar-refractivity contribution in [2.24, 2.45) is 0 Å². The maximum absolute atomic E-state index is 12.5. The zero-order chi connectivity index (χ0) is 19.7. The van der Waals surface area contributed by atoms with Gasteiger partial charge in [-0.2, -0.15) is 0 Å². The molecule has 0 saturated carbocycles. The molecule has 0 unspecified atom stereocenters. The summed E-state index contributed by atoms with van der Waals surface area (Å²) in [4.78, 5) is 48.3. The number of nitrogens with one attached hydrogen (secondary N) is 1. The number of hydrogen-bond donors (Lipinski definition) is 1. The van der Waals surface area contributed by atoms with E-state index < -0.39 is 22.4 Å². The van der Waals surface area contributed by atoms with Gasteiger partial charge in [0.25, 0.3) is 17.5 Å². The summed E-state index contributed by atoms with van der Waals surface area (Å²) in [5, 5.41) is 13.8. The van der Waals surface area contributed by atoms with Crippen LogP contribution in [0.2, 0.25) is 0 Å². The molecule has 138 valence electrons. The van der Waals surface area contributed by atoms with Gasteiger partial charge in [-0.3, -0.25) is 29.4 Å². The van der Waals surface area contributed by atoms with Gasteiger partial charge in [0.15, 0.2) is 0 Å². The Balaban J connectivity index is 1.71. The highest BCUT2D eigenvalue weighted by Gasteiger charge is 2.40. The Morgan fingerprint density at radius 2 is 1.89 bits per heavy atom. The Morgan fingerprint density at radius 1 is 1.15 bits per heavy atom. The summed E-state index contributed by atoms with van der Waals surface area (Å²) >= 11 is 0. The van der Waals surface area contributed by atoms with E-state index in [0.29, 0.717) is 5.69 Å². The second-order valence-electron chi connectivity index (χ2n) is 6.34. The number of carbonyl (C=O) groups excluding carboxylic acids is 3. The van der Waals surface area contributed by atoms with E-state index in [1.807, 2.05) is 26.0 Å². The van der Waals surface area contributed by atoms with Crippen LogP contribution in [-0.2, 0) is 4.79 Å². The van der Waals surface area contributed by atoms with E-state index in [2.05, 4.69) is 5.32 Å². The Bertz CT molecular complexity index is 983. The maximum Gasteiger partial charge on any atom is 0.282 e. The predicted molar refractivity (Wildman–Crippen MR) is 97.6 cm³/mol. The molecule has 2 aromatic rings. The molecule has 0 radical (unpaired) electrons. The number of aryl methyl sites for hydroxylation is 2. The van der Waals surface area contributed by atoms with Crippen LogP contribution >= 0.6 is 0 Å². The van der Waals surface area contributed by atoms with Crippen molar-refractivity contribution in [3.63, 3.8) is 0 Å². The lowest BCUT2D eigenvalue weighted by Gasteiger charge is -2.14. The SMILES string of the molecule is Cc1ccc(NC(=O)CCN2C(=O)c3cccc([N+](=O)[O-])c3C2=O)c(C)c1. The van der Waals surface area contributed by atoms with Crippen LogP contribution in [0.25, 0.3) is 0 Å². The van der Waals surface area contributed by atoms with Gasteiger partial charge in [0.2, 0.25) is 5.91 Å². The molecule has 0 fully saturated rings. The molecular formula is C19H17N3O5. The van der Waals surface area contributed by atoms with Crippen molar-refractivity contribution in [3.8, 4) is 0 Å². The lowest BCUT2D eigenvalue weighted by Crippen LogP contribution is -2.33. The molecule has 3 amide bonds. The average molecular weight is 367 g/mol. The van der Waals surface area contributed by atoms with Crippen LogP contribution < -0.4 is 5.32 Å². The van der Waals surface area contributed by atoms with E-state index >= 15 is 0 Å². The summed E-state index contributed by atoms with van der Waals surface area (Å²) in [6, 6.07) is 9.50. The molecule has 8 heteroatoms. The van der Waals surface area contributed by atoms with Gasteiger partial charge in [0.1, 0.15) is 5.56 Å². The molecule has 0 aromatic heterocycles. The molecule has 1 aliphatic heterocycles. The van der Waals surface area contributed by atoms with Gasteiger partial charge in [0, 0.05) is 24.7 Å². The largest absolute Gasteiger partial charge is 0.326 e. The summed E-state index contributed by atoms with van der Waals surface area (Å²) in [5.41, 5.74) is 1.99. The van der Waals surface area contributed by atoms with Gasteiger partial charge in [-0.25, -0.2) is 0 Å².